The second-order valence-corrected chi connectivity index (χ2v) is 4.57. The molecule has 0 unspecified atom stereocenters. The van der Waals surface area contributed by atoms with Crippen LogP contribution in [0, 0.1) is 0 Å². The van der Waals surface area contributed by atoms with Gasteiger partial charge in [0.25, 0.3) is 0 Å². The lowest BCUT2D eigenvalue weighted by Crippen LogP contribution is -2.53. The molecule has 1 fully saturated rings. The lowest BCUT2D eigenvalue weighted by atomic mass is 9.95. The molecular formula is C10H19N3. The molecule has 2 rings (SSSR count). The van der Waals surface area contributed by atoms with Crippen molar-refractivity contribution in [2.75, 3.05) is 6.54 Å². The SMILES string of the molecule is CC(C)N1C(N)=NCC12CCCC2. The van der Waals surface area contributed by atoms with Crippen LogP contribution in [0.1, 0.15) is 39.5 Å². The smallest absolute Gasteiger partial charge is 0.192 e. The quantitative estimate of drug-likeness (QED) is 0.663. The molecule has 1 spiro atoms. The molecule has 1 aliphatic heterocycles. The van der Waals surface area contributed by atoms with Gasteiger partial charge >= 0.3 is 0 Å². The second-order valence-electron chi connectivity index (χ2n) is 4.57. The van der Waals surface area contributed by atoms with Crippen molar-refractivity contribution in [3.63, 3.8) is 0 Å². The van der Waals surface area contributed by atoms with Crippen molar-refractivity contribution in [3.8, 4) is 0 Å². The molecule has 74 valence electrons. The first-order chi connectivity index (χ1) is 6.16. The van der Waals surface area contributed by atoms with Crippen molar-refractivity contribution in [2.45, 2.75) is 51.1 Å². The predicted octanol–water partition coefficient (Wildman–Crippen LogP) is 1.34. The Morgan fingerprint density at radius 1 is 1.38 bits per heavy atom. The van der Waals surface area contributed by atoms with Crippen LogP contribution in [0.25, 0.3) is 0 Å². The molecule has 13 heavy (non-hydrogen) atoms. The van der Waals surface area contributed by atoms with Crippen LogP contribution < -0.4 is 5.73 Å². The fourth-order valence-corrected chi connectivity index (χ4v) is 2.87. The average molecular weight is 181 g/mol. The molecule has 0 amide bonds. The highest BCUT2D eigenvalue weighted by molar-refractivity contribution is 5.81. The van der Waals surface area contributed by atoms with E-state index in [1.807, 2.05) is 0 Å². The van der Waals surface area contributed by atoms with Crippen molar-refractivity contribution >= 4 is 5.96 Å². The van der Waals surface area contributed by atoms with Gasteiger partial charge in [-0.25, -0.2) is 0 Å². The van der Waals surface area contributed by atoms with E-state index in [2.05, 4.69) is 23.7 Å². The summed E-state index contributed by atoms with van der Waals surface area (Å²) in [5, 5.41) is 0. The Balaban J connectivity index is 2.22. The first kappa shape index (κ1) is 8.85. The van der Waals surface area contributed by atoms with Crippen LogP contribution in [-0.2, 0) is 0 Å². The summed E-state index contributed by atoms with van der Waals surface area (Å²) in [4.78, 5) is 6.73. The Bertz CT molecular complexity index is 226. The van der Waals surface area contributed by atoms with Crippen LogP contribution in [0.3, 0.4) is 0 Å². The van der Waals surface area contributed by atoms with Crippen LogP contribution in [0.5, 0.6) is 0 Å². The normalized spacial score (nSPS) is 26.1. The Labute approximate surface area is 80.0 Å². The second kappa shape index (κ2) is 2.89. The summed E-state index contributed by atoms with van der Waals surface area (Å²) in [6, 6.07) is 0.490. The standard InChI is InChI=1S/C10H19N3/c1-8(2)13-9(11)12-7-10(13)5-3-4-6-10/h8H,3-7H2,1-2H3,(H2,11,12). The van der Waals surface area contributed by atoms with Crippen LogP contribution in [0.15, 0.2) is 4.99 Å². The summed E-state index contributed by atoms with van der Waals surface area (Å²) in [7, 11) is 0. The summed E-state index contributed by atoms with van der Waals surface area (Å²) < 4.78 is 0. The van der Waals surface area contributed by atoms with E-state index in [-0.39, 0.29) is 0 Å². The molecule has 2 N–H and O–H groups in total. The van der Waals surface area contributed by atoms with E-state index < -0.39 is 0 Å². The van der Waals surface area contributed by atoms with Gasteiger partial charge in [0.2, 0.25) is 0 Å². The van der Waals surface area contributed by atoms with Crippen LogP contribution in [-0.4, -0.2) is 29.0 Å². The first-order valence-electron chi connectivity index (χ1n) is 5.25. The minimum absolute atomic E-state index is 0.304. The summed E-state index contributed by atoms with van der Waals surface area (Å²) in [6.07, 6.45) is 5.22. The molecule has 0 bridgehead atoms. The number of hydrogen-bond acceptors (Lipinski definition) is 3. The van der Waals surface area contributed by atoms with Gasteiger partial charge in [-0.3, -0.25) is 4.99 Å². The van der Waals surface area contributed by atoms with E-state index >= 15 is 0 Å². The number of guanidine groups is 1. The lowest BCUT2D eigenvalue weighted by Gasteiger charge is -2.39. The molecule has 0 aromatic heterocycles. The van der Waals surface area contributed by atoms with Crippen LogP contribution in [0.4, 0.5) is 0 Å². The third-order valence-corrected chi connectivity index (χ3v) is 3.34. The van der Waals surface area contributed by atoms with Crippen molar-refractivity contribution in [3.05, 3.63) is 0 Å². The Morgan fingerprint density at radius 3 is 2.54 bits per heavy atom. The highest BCUT2D eigenvalue weighted by Crippen LogP contribution is 2.39. The first-order valence-corrected chi connectivity index (χ1v) is 5.25. The van der Waals surface area contributed by atoms with Gasteiger partial charge in [0, 0.05) is 6.04 Å². The Kier molecular flexibility index (Phi) is 1.97. The van der Waals surface area contributed by atoms with Crippen LogP contribution in [0.2, 0.25) is 0 Å². The molecule has 0 saturated heterocycles. The fourth-order valence-electron chi connectivity index (χ4n) is 2.87. The van der Waals surface area contributed by atoms with E-state index in [1.54, 1.807) is 0 Å². The highest BCUT2D eigenvalue weighted by atomic mass is 15.4. The van der Waals surface area contributed by atoms with Gasteiger partial charge in [-0.1, -0.05) is 12.8 Å². The highest BCUT2D eigenvalue weighted by Gasteiger charge is 2.45. The van der Waals surface area contributed by atoms with Crippen molar-refractivity contribution < 1.29 is 0 Å². The number of aliphatic imine (C=N–C) groups is 1. The average Bonchev–Trinajstić information content (AvgIpc) is 2.61. The third kappa shape index (κ3) is 1.21. The van der Waals surface area contributed by atoms with Gasteiger partial charge in [-0.15, -0.1) is 0 Å². The predicted molar refractivity (Wildman–Crippen MR) is 54.7 cm³/mol. The summed E-state index contributed by atoms with van der Waals surface area (Å²) in [5.41, 5.74) is 6.21. The monoisotopic (exact) mass is 181 g/mol. The molecule has 0 atom stereocenters. The topological polar surface area (TPSA) is 41.6 Å². The van der Waals surface area contributed by atoms with E-state index in [4.69, 9.17) is 5.73 Å². The van der Waals surface area contributed by atoms with Gasteiger partial charge in [-0.05, 0) is 26.7 Å². The van der Waals surface area contributed by atoms with Crippen molar-refractivity contribution in [1.29, 1.82) is 0 Å². The summed E-state index contributed by atoms with van der Waals surface area (Å²) >= 11 is 0. The molecule has 1 heterocycles. The van der Waals surface area contributed by atoms with Gasteiger partial charge in [0.1, 0.15) is 0 Å². The van der Waals surface area contributed by atoms with E-state index in [0.29, 0.717) is 11.6 Å². The molecule has 1 aliphatic carbocycles. The summed E-state index contributed by atoms with van der Waals surface area (Å²) in [5.74, 6) is 0.761. The minimum atomic E-state index is 0.304. The fraction of sp³-hybridized carbons (Fsp3) is 0.900. The molecular weight excluding hydrogens is 162 g/mol. The van der Waals surface area contributed by atoms with E-state index in [0.717, 1.165) is 12.5 Å². The number of hydrogen-bond donors (Lipinski definition) is 1. The van der Waals surface area contributed by atoms with Crippen molar-refractivity contribution in [1.82, 2.24) is 4.90 Å². The molecule has 0 aromatic rings. The molecule has 3 heteroatoms. The summed E-state index contributed by atoms with van der Waals surface area (Å²) in [6.45, 7) is 5.33. The van der Waals surface area contributed by atoms with Gasteiger partial charge < -0.3 is 10.6 Å². The zero-order valence-electron chi connectivity index (χ0n) is 8.58. The van der Waals surface area contributed by atoms with Gasteiger partial charge in [0.15, 0.2) is 5.96 Å². The zero-order valence-corrected chi connectivity index (χ0v) is 8.58. The van der Waals surface area contributed by atoms with Crippen LogP contribution >= 0.6 is 0 Å². The van der Waals surface area contributed by atoms with Gasteiger partial charge in [0.05, 0.1) is 12.1 Å². The van der Waals surface area contributed by atoms with Gasteiger partial charge in [-0.2, -0.15) is 0 Å². The number of nitrogens with two attached hydrogens (primary N) is 1. The maximum atomic E-state index is 5.91. The molecule has 0 aromatic carbocycles. The largest absolute Gasteiger partial charge is 0.370 e. The molecule has 2 aliphatic rings. The maximum Gasteiger partial charge on any atom is 0.192 e. The number of rotatable bonds is 1. The maximum absolute atomic E-state index is 5.91. The Morgan fingerprint density at radius 2 is 2.00 bits per heavy atom. The molecule has 0 radical (unpaired) electrons. The van der Waals surface area contributed by atoms with E-state index in [9.17, 15) is 0 Å². The zero-order chi connectivity index (χ0) is 9.47. The third-order valence-electron chi connectivity index (χ3n) is 3.34. The molecule has 1 saturated carbocycles. The Hall–Kier alpha value is -0.730. The lowest BCUT2D eigenvalue weighted by molar-refractivity contribution is 0.170. The number of nitrogens with zero attached hydrogens (tertiary/aromatic N) is 2. The minimum Gasteiger partial charge on any atom is -0.370 e. The van der Waals surface area contributed by atoms with Crippen molar-refractivity contribution in [2.24, 2.45) is 10.7 Å². The van der Waals surface area contributed by atoms with E-state index in [1.165, 1.54) is 25.7 Å². The molecule has 3 nitrogen and oxygen atoms in total.